The van der Waals surface area contributed by atoms with Gasteiger partial charge in [0.25, 0.3) is 11.8 Å². The van der Waals surface area contributed by atoms with Gasteiger partial charge in [-0.3, -0.25) is 0 Å². The van der Waals surface area contributed by atoms with E-state index in [1.165, 1.54) is 0 Å². The number of benzene rings is 1. The number of carbonyl (C=O) groups is 2. The van der Waals surface area contributed by atoms with Crippen molar-refractivity contribution < 1.29 is 29.3 Å². The maximum atomic E-state index is 10.5. The third-order valence-electron chi connectivity index (χ3n) is 2.06. The summed E-state index contributed by atoms with van der Waals surface area (Å²) in [5, 5.41) is 17.1. The van der Waals surface area contributed by atoms with Crippen LogP contribution in [0.4, 0.5) is 9.59 Å². The number of imidazole rings is 1. The SMILES string of the molecule is O=C(O)Oc1nc(-c2ccccc2)[nH]c1OC(=O)O. The number of H-pyrrole nitrogens is 1. The number of nitrogens with zero attached hydrogens (tertiary/aromatic N) is 1. The van der Waals surface area contributed by atoms with Crippen LogP contribution in [0.25, 0.3) is 11.4 Å². The molecule has 0 bridgehead atoms. The first-order valence-corrected chi connectivity index (χ1v) is 5.03. The molecule has 0 saturated heterocycles. The molecule has 0 unspecified atom stereocenters. The van der Waals surface area contributed by atoms with Crippen molar-refractivity contribution in [2.45, 2.75) is 0 Å². The molecule has 2 rings (SSSR count). The summed E-state index contributed by atoms with van der Waals surface area (Å²) in [4.78, 5) is 27.3. The molecule has 98 valence electrons. The summed E-state index contributed by atoms with van der Waals surface area (Å²) in [7, 11) is 0. The first-order chi connectivity index (χ1) is 9.06. The Hall–Kier alpha value is -3.03. The second-order valence-electron chi connectivity index (χ2n) is 3.32. The molecule has 8 nitrogen and oxygen atoms in total. The Kier molecular flexibility index (Phi) is 3.33. The fourth-order valence-electron chi connectivity index (χ4n) is 1.38. The molecule has 19 heavy (non-hydrogen) atoms. The quantitative estimate of drug-likeness (QED) is 0.726. The van der Waals surface area contributed by atoms with E-state index in [0.717, 1.165) is 0 Å². The van der Waals surface area contributed by atoms with Crippen molar-refractivity contribution in [1.82, 2.24) is 9.97 Å². The number of hydrogen-bond donors (Lipinski definition) is 3. The molecule has 0 spiro atoms. The van der Waals surface area contributed by atoms with E-state index < -0.39 is 24.1 Å². The average Bonchev–Trinajstić information content (AvgIpc) is 2.72. The van der Waals surface area contributed by atoms with Crippen LogP contribution in [0, 0.1) is 0 Å². The zero-order chi connectivity index (χ0) is 13.8. The van der Waals surface area contributed by atoms with E-state index in [4.69, 9.17) is 10.2 Å². The number of ether oxygens (including phenoxy) is 2. The van der Waals surface area contributed by atoms with Crippen LogP contribution in [0.1, 0.15) is 0 Å². The minimum Gasteiger partial charge on any atom is -0.449 e. The van der Waals surface area contributed by atoms with Gasteiger partial charge in [0.1, 0.15) is 5.82 Å². The van der Waals surface area contributed by atoms with Crippen molar-refractivity contribution in [3.8, 4) is 23.1 Å². The van der Waals surface area contributed by atoms with Gasteiger partial charge in [-0.05, 0) is 0 Å². The van der Waals surface area contributed by atoms with Gasteiger partial charge in [-0.1, -0.05) is 30.3 Å². The molecule has 0 atom stereocenters. The lowest BCUT2D eigenvalue weighted by Crippen LogP contribution is -2.08. The van der Waals surface area contributed by atoms with Gasteiger partial charge in [-0.2, -0.15) is 4.98 Å². The highest BCUT2D eigenvalue weighted by molar-refractivity contribution is 5.67. The monoisotopic (exact) mass is 264 g/mol. The van der Waals surface area contributed by atoms with Crippen LogP contribution in [0.5, 0.6) is 11.8 Å². The highest BCUT2D eigenvalue weighted by Gasteiger charge is 2.19. The predicted molar refractivity (Wildman–Crippen MR) is 61.3 cm³/mol. The van der Waals surface area contributed by atoms with Crippen molar-refractivity contribution in [2.75, 3.05) is 0 Å². The Morgan fingerprint density at radius 1 is 1.05 bits per heavy atom. The molecule has 8 heteroatoms. The van der Waals surface area contributed by atoms with Crippen molar-refractivity contribution in [3.63, 3.8) is 0 Å². The Labute approximate surface area is 106 Å². The van der Waals surface area contributed by atoms with Gasteiger partial charge in [0, 0.05) is 5.56 Å². The third-order valence-corrected chi connectivity index (χ3v) is 2.06. The van der Waals surface area contributed by atoms with E-state index in [2.05, 4.69) is 19.4 Å². The third kappa shape index (κ3) is 3.00. The summed E-state index contributed by atoms with van der Waals surface area (Å²) in [5.41, 5.74) is 0.623. The van der Waals surface area contributed by atoms with E-state index in [1.807, 2.05) is 0 Å². The largest absolute Gasteiger partial charge is 0.512 e. The van der Waals surface area contributed by atoms with Crippen LogP contribution >= 0.6 is 0 Å². The standard InChI is InChI=1S/C11H8N2O6/c14-10(15)18-8-9(19-11(16)17)13-7(12-8)6-4-2-1-3-5-6/h1-5H,(H,12,13)(H,14,15)(H,16,17). The molecule has 1 aromatic carbocycles. The summed E-state index contributed by atoms with van der Waals surface area (Å²) in [6, 6.07) is 8.68. The topological polar surface area (TPSA) is 122 Å². The number of aromatic amines is 1. The van der Waals surface area contributed by atoms with Crippen LogP contribution in [0.2, 0.25) is 0 Å². The summed E-state index contributed by atoms with van der Waals surface area (Å²) in [6.07, 6.45) is -3.24. The van der Waals surface area contributed by atoms with Gasteiger partial charge in [-0.15, -0.1) is 0 Å². The molecular weight excluding hydrogens is 256 g/mol. The first-order valence-electron chi connectivity index (χ1n) is 5.03. The lowest BCUT2D eigenvalue weighted by molar-refractivity contribution is 0.130. The maximum Gasteiger partial charge on any atom is 0.512 e. The second-order valence-corrected chi connectivity index (χ2v) is 3.32. The molecule has 0 fully saturated rings. The fourth-order valence-corrected chi connectivity index (χ4v) is 1.38. The van der Waals surface area contributed by atoms with Crippen LogP contribution in [-0.2, 0) is 0 Å². The Morgan fingerprint density at radius 2 is 1.68 bits per heavy atom. The van der Waals surface area contributed by atoms with Crippen molar-refractivity contribution in [3.05, 3.63) is 30.3 Å². The molecule has 0 saturated carbocycles. The van der Waals surface area contributed by atoms with Crippen LogP contribution in [-0.4, -0.2) is 32.5 Å². The van der Waals surface area contributed by atoms with Crippen molar-refractivity contribution >= 4 is 12.3 Å². The smallest absolute Gasteiger partial charge is 0.449 e. The number of carboxylic acid groups (broad SMARTS) is 2. The first kappa shape index (κ1) is 12.4. The molecule has 1 aromatic heterocycles. The Bertz CT molecular complexity index is 573. The van der Waals surface area contributed by atoms with Gasteiger partial charge in [0.2, 0.25) is 0 Å². The molecule has 1 heterocycles. The Morgan fingerprint density at radius 3 is 2.26 bits per heavy atom. The summed E-state index contributed by atoms with van der Waals surface area (Å²) < 4.78 is 8.69. The average molecular weight is 264 g/mol. The predicted octanol–water partition coefficient (Wildman–Crippen LogP) is 2.19. The van der Waals surface area contributed by atoms with Gasteiger partial charge < -0.3 is 24.7 Å². The van der Waals surface area contributed by atoms with E-state index in [-0.39, 0.29) is 5.82 Å². The van der Waals surface area contributed by atoms with E-state index >= 15 is 0 Å². The van der Waals surface area contributed by atoms with Crippen LogP contribution in [0.3, 0.4) is 0 Å². The normalized spacial score (nSPS) is 9.89. The molecular formula is C11H8N2O6. The van der Waals surface area contributed by atoms with Gasteiger partial charge in [-0.25, -0.2) is 9.59 Å². The zero-order valence-corrected chi connectivity index (χ0v) is 9.36. The summed E-state index contributed by atoms with van der Waals surface area (Å²) in [6.45, 7) is 0. The van der Waals surface area contributed by atoms with Crippen molar-refractivity contribution in [1.29, 1.82) is 0 Å². The fraction of sp³-hybridized carbons (Fsp3) is 0. The highest BCUT2D eigenvalue weighted by atomic mass is 16.7. The number of hydrogen-bond acceptors (Lipinski definition) is 5. The van der Waals surface area contributed by atoms with E-state index in [1.54, 1.807) is 30.3 Å². The highest BCUT2D eigenvalue weighted by Crippen LogP contribution is 2.29. The second kappa shape index (κ2) is 5.08. The number of rotatable bonds is 3. The maximum absolute atomic E-state index is 10.5. The van der Waals surface area contributed by atoms with Gasteiger partial charge >= 0.3 is 12.3 Å². The zero-order valence-electron chi connectivity index (χ0n) is 9.36. The molecule has 0 amide bonds. The van der Waals surface area contributed by atoms with Crippen LogP contribution < -0.4 is 9.47 Å². The van der Waals surface area contributed by atoms with E-state index in [0.29, 0.717) is 5.56 Å². The van der Waals surface area contributed by atoms with Crippen LogP contribution in [0.15, 0.2) is 30.3 Å². The van der Waals surface area contributed by atoms with Gasteiger partial charge in [0.05, 0.1) is 0 Å². The molecule has 0 aliphatic heterocycles. The molecule has 3 N–H and O–H groups in total. The number of aromatic nitrogens is 2. The minimum absolute atomic E-state index is 0.230. The summed E-state index contributed by atoms with van der Waals surface area (Å²) in [5.74, 6) is -0.629. The molecule has 2 aromatic rings. The number of nitrogens with one attached hydrogen (secondary N) is 1. The molecule has 0 aliphatic carbocycles. The van der Waals surface area contributed by atoms with Crippen molar-refractivity contribution in [2.24, 2.45) is 0 Å². The lowest BCUT2D eigenvalue weighted by Gasteiger charge is -1.97. The van der Waals surface area contributed by atoms with E-state index in [9.17, 15) is 9.59 Å². The lowest BCUT2D eigenvalue weighted by atomic mass is 10.2. The summed E-state index contributed by atoms with van der Waals surface area (Å²) >= 11 is 0. The minimum atomic E-state index is -1.62. The Balaban J connectivity index is 2.39. The molecule has 0 radical (unpaired) electrons. The molecule has 0 aliphatic rings. The van der Waals surface area contributed by atoms with Gasteiger partial charge in [0.15, 0.2) is 0 Å².